The Morgan fingerprint density at radius 1 is 0.900 bits per heavy atom. The largest absolute Gasteiger partial charge is 0.496 e. The third-order valence-electron chi connectivity index (χ3n) is 5.12. The molecule has 30 heavy (non-hydrogen) atoms. The van der Waals surface area contributed by atoms with Crippen LogP contribution < -0.4 is 10.1 Å². The molecule has 1 heterocycles. The van der Waals surface area contributed by atoms with Gasteiger partial charge in [-0.15, -0.1) is 0 Å². The van der Waals surface area contributed by atoms with Gasteiger partial charge in [0, 0.05) is 11.3 Å². The summed E-state index contributed by atoms with van der Waals surface area (Å²) in [7, 11) is 1.57. The number of methoxy groups -OCH3 is 1. The van der Waals surface area contributed by atoms with Gasteiger partial charge in [-0.2, -0.15) is 0 Å². The van der Waals surface area contributed by atoms with Crippen LogP contribution in [0.25, 0.3) is 33.2 Å². The number of nitrogens with zero attached hydrogens (tertiary/aromatic N) is 1. The normalized spacial score (nSPS) is 11.0. The zero-order valence-electron chi connectivity index (χ0n) is 16.3. The Balaban J connectivity index is 1.40. The van der Waals surface area contributed by atoms with Crippen molar-refractivity contribution in [2.75, 3.05) is 12.4 Å². The van der Waals surface area contributed by atoms with Crippen LogP contribution in [0.3, 0.4) is 0 Å². The molecule has 5 nitrogen and oxygen atoms in total. The number of carbonyl (C=O) groups excluding carboxylic acids is 1. The van der Waals surface area contributed by atoms with Gasteiger partial charge in [-0.25, -0.2) is 4.98 Å². The fourth-order valence-electron chi connectivity index (χ4n) is 3.57. The van der Waals surface area contributed by atoms with Crippen LogP contribution in [0.1, 0.15) is 10.4 Å². The van der Waals surface area contributed by atoms with Crippen molar-refractivity contribution >= 4 is 33.4 Å². The topological polar surface area (TPSA) is 67.0 Å². The smallest absolute Gasteiger partial charge is 0.259 e. The molecule has 1 aromatic heterocycles. The quantitative estimate of drug-likeness (QED) is 0.415. The number of hydrogen-bond donors (Lipinski definition) is 2. The average molecular weight is 393 g/mol. The number of aromatic amines is 1. The van der Waals surface area contributed by atoms with Crippen molar-refractivity contribution in [3.8, 4) is 17.1 Å². The van der Waals surface area contributed by atoms with Crippen LogP contribution in [0.15, 0.2) is 84.9 Å². The van der Waals surface area contributed by atoms with E-state index in [1.54, 1.807) is 7.11 Å². The summed E-state index contributed by atoms with van der Waals surface area (Å²) in [4.78, 5) is 20.8. The van der Waals surface area contributed by atoms with Crippen molar-refractivity contribution in [2.45, 2.75) is 0 Å². The third kappa shape index (κ3) is 3.26. The zero-order valence-corrected chi connectivity index (χ0v) is 16.3. The number of imidazole rings is 1. The summed E-state index contributed by atoms with van der Waals surface area (Å²) in [5.74, 6) is 1.13. The van der Waals surface area contributed by atoms with E-state index in [1.165, 1.54) is 0 Å². The summed E-state index contributed by atoms with van der Waals surface area (Å²) in [6.45, 7) is 0. The number of carbonyl (C=O) groups is 1. The van der Waals surface area contributed by atoms with Crippen LogP contribution in [-0.2, 0) is 0 Å². The minimum Gasteiger partial charge on any atom is -0.496 e. The number of amides is 1. The standard InChI is InChI=1S/C25H19N3O2/c1-30-23-15-18-7-3-2-6-17(18)14-20(23)25(29)26-19-12-10-16(11-13-19)24-27-21-8-4-5-9-22(21)28-24/h2-15H,1H3,(H,26,29)(H,27,28). The number of ether oxygens (including phenoxy) is 1. The lowest BCUT2D eigenvalue weighted by atomic mass is 10.1. The number of rotatable bonds is 4. The van der Waals surface area contributed by atoms with Crippen LogP contribution in [0, 0.1) is 0 Å². The summed E-state index contributed by atoms with van der Waals surface area (Å²) >= 11 is 0. The van der Waals surface area contributed by atoms with E-state index >= 15 is 0 Å². The molecule has 2 N–H and O–H groups in total. The molecule has 5 heteroatoms. The van der Waals surface area contributed by atoms with Gasteiger partial charge in [-0.1, -0.05) is 36.4 Å². The number of fused-ring (bicyclic) bond motifs is 2. The molecule has 0 radical (unpaired) electrons. The minimum atomic E-state index is -0.214. The summed E-state index contributed by atoms with van der Waals surface area (Å²) < 4.78 is 5.44. The van der Waals surface area contributed by atoms with Gasteiger partial charge in [0.2, 0.25) is 0 Å². The number of hydrogen-bond acceptors (Lipinski definition) is 3. The second-order valence-corrected chi connectivity index (χ2v) is 7.03. The molecule has 0 aliphatic heterocycles. The Morgan fingerprint density at radius 2 is 1.60 bits per heavy atom. The fourth-order valence-corrected chi connectivity index (χ4v) is 3.57. The molecule has 0 bridgehead atoms. The molecule has 5 aromatic rings. The highest BCUT2D eigenvalue weighted by molar-refractivity contribution is 6.08. The first-order valence-electron chi connectivity index (χ1n) is 9.64. The molecule has 146 valence electrons. The van der Waals surface area contributed by atoms with Crippen molar-refractivity contribution < 1.29 is 9.53 Å². The molecule has 0 spiro atoms. The maximum Gasteiger partial charge on any atom is 0.259 e. The lowest BCUT2D eigenvalue weighted by Gasteiger charge is -2.11. The van der Waals surface area contributed by atoms with E-state index in [4.69, 9.17) is 4.74 Å². The molecular formula is C25H19N3O2. The van der Waals surface area contributed by atoms with E-state index in [0.29, 0.717) is 17.0 Å². The van der Waals surface area contributed by atoms with Crippen molar-refractivity contribution in [1.29, 1.82) is 0 Å². The Labute approximate surface area is 173 Å². The second-order valence-electron chi connectivity index (χ2n) is 7.03. The Morgan fingerprint density at radius 3 is 2.33 bits per heavy atom. The van der Waals surface area contributed by atoms with Crippen molar-refractivity contribution in [2.24, 2.45) is 0 Å². The predicted molar refractivity (Wildman–Crippen MR) is 120 cm³/mol. The highest BCUT2D eigenvalue weighted by atomic mass is 16.5. The van der Waals surface area contributed by atoms with Gasteiger partial charge in [0.25, 0.3) is 5.91 Å². The van der Waals surface area contributed by atoms with E-state index in [-0.39, 0.29) is 5.91 Å². The molecule has 0 aliphatic carbocycles. The first kappa shape index (κ1) is 17.9. The van der Waals surface area contributed by atoms with Gasteiger partial charge >= 0.3 is 0 Å². The first-order valence-corrected chi connectivity index (χ1v) is 9.64. The molecular weight excluding hydrogens is 374 g/mol. The average Bonchev–Trinajstić information content (AvgIpc) is 3.23. The second kappa shape index (κ2) is 7.37. The van der Waals surface area contributed by atoms with E-state index in [2.05, 4.69) is 15.3 Å². The highest BCUT2D eigenvalue weighted by Gasteiger charge is 2.14. The molecule has 1 amide bonds. The molecule has 4 aromatic carbocycles. The van der Waals surface area contributed by atoms with Gasteiger partial charge in [0.15, 0.2) is 0 Å². The number of H-pyrrole nitrogens is 1. The van der Waals surface area contributed by atoms with Gasteiger partial charge in [-0.05, 0) is 59.3 Å². The molecule has 0 atom stereocenters. The van der Waals surface area contributed by atoms with Crippen LogP contribution in [0.2, 0.25) is 0 Å². The number of aromatic nitrogens is 2. The maximum absolute atomic E-state index is 12.9. The van der Waals surface area contributed by atoms with E-state index in [1.807, 2.05) is 84.9 Å². The van der Waals surface area contributed by atoms with Crippen LogP contribution >= 0.6 is 0 Å². The molecule has 0 fully saturated rings. The number of nitrogens with one attached hydrogen (secondary N) is 2. The molecule has 0 unspecified atom stereocenters. The van der Waals surface area contributed by atoms with E-state index < -0.39 is 0 Å². The summed E-state index contributed by atoms with van der Waals surface area (Å²) in [6.07, 6.45) is 0. The van der Waals surface area contributed by atoms with Crippen LogP contribution in [0.5, 0.6) is 5.75 Å². The molecule has 5 rings (SSSR count). The predicted octanol–water partition coefficient (Wildman–Crippen LogP) is 5.64. The van der Waals surface area contributed by atoms with Crippen LogP contribution in [0.4, 0.5) is 5.69 Å². The third-order valence-corrected chi connectivity index (χ3v) is 5.12. The highest BCUT2D eigenvalue weighted by Crippen LogP contribution is 2.27. The van der Waals surface area contributed by atoms with Gasteiger partial charge < -0.3 is 15.0 Å². The minimum absolute atomic E-state index is 0.214. The Hall–Kier alpha value is -4.12. The lowest BCUT2D eigenvalue weighted by Crippen LogP contribution is -2.13. The van der Waals surface area contributed by atoms with E-state index in [0.717, 1.165) is 33.2 Å². The molecule has 0 saturated carbocycles. The van der Waals surface area contributed by atoms with Gasteiger partial charge in [0.05, 0.1) is 23.7 Å². The summed E-state index contributed by atoms with van der Waals surface area (Å²) in [6, 6.07) is 27.1. The van der Waals surface area contributed by atoms with Gasteiger partial charge in [0.1, 0.15) is 11.6 Å². The molecule has 0 aliphatic rings. The Bertz CT molecular complexity index is 1340. The van der Waals surface area contributed by atoms with Crippen molar-refractivity contribution in [1.82, 2.24) is 9.97 Å². The lowest BCUT2D eigenvalue weighted by molar-refractivity contribution is 0.102. The monoisotopic (exact) mass is 393 g/mol. The number of anilines is 1. The zero-order chi connectivity index (χ0) is 20.5. The van der Waals surface area contributed by atoms with Crippen LogP contribution in [-0.4, -0.2) is 23.0 Å². The van der Waals surface area contributed by atoms with Crippen molar-refractivity contribution in [3.63, 3.8) is 0 Å². The number of benzene rings is 4. The van der Waals surface area contributed by atoms with E-state index in [9.17, 15) is 4.79 Å². The maximum atomic E-state index is 12.9. The first-order chi connectivity index (χ1) is 14.7. The molecule has 0 saturated heterocycles. The summed E-state index contributed by atoms with van der Waals surface area (Å²) in [5, 5.41) is 4.97. The fraction of sp³-hybridized carbons (Fsp3) is 0.0400. The van der Waals surface area contributed by atoms with Crippen molar-refractivity contribution in [3.05, 3.63) is 90.5 Å². The SMILES string of the molecule is COc1cc2ccccc2cc1C(=O)Nc1ccc(-c2nc3ccccc3[nH]2)cc1. The Kier molecular flexibility index (Phi) is 4.41. The summed E-state index contributed by atoms with van der Waals surface area (Å²) in [5.41, 5.74) is 4.07. The number of para-hydroxylation sites is 2. The van der Waals surface area contributed by atoms with Gasteiger partial charge in [-0.3, -0.25) is 4.79 Å².